The van der Waals surface area contributed by atoms with Crippen LogP contribution in [0.1, 0.15) is 24.0 Å². The molecule has 1 saturated heterocycles. The predicted octanol–water partition coefficient (Wildman–Crippen LogP) is 3.96. The van der Waals surface area contributed by atoms with E-state index < -0.39 is 5.82 Å². The summed E-state index contributed by atoms with van der Waals surface area (Å²) in [4.78, 5) is 16.4. The molecule has 0 radical (unpaired) electrons. The van der Waals surface area contributed by atoms with E-state index in [2.05, 4.69) is 16.3 Å². The number of nitrogens with one attached hydrogen (secondary N) is 1. The number of nitriles is 1. The maximum atomic E-state index is 13.2. The van der Waals surface area contributed by atoms with Crippen LogP contribution in [-0.2, 0) is 6.54 Å². The second-order valence-electron chi connectivity index (χ2n) is 6.41. The molecule has 0 unspecified atom stereocenters. The molecule has 0 aliphatic carbocycles. The third-order valence-corrected chi connectivity index (χ3v) is 4.54. The lowest BCUT2D eigenvalue weighted by Gasteiger charge is -2.24. The Morgan fingerprint density at radius 2 is 2.00 bits per heavy atom. The van der Waals surface area contributed by atoms with Crippen molar-refractivity contribution < 1.29 is 9.18 Å². The first-order valence-electron chi connectivity index (χ1n) is 8.63. The van der Waals surface area contributed by atoms with Crippen LogP contribution in [0.25, 0.3) is 0 Å². The molecule has 1 fully saturated rings. The average Bonchev–Trinajstić information content (AvgIpc) is 3.18. The van der Waals surface area contributed by atoms with Gasteiger partial charge in [0.1, 0.15) is 11.9 Å². The quantitative estimate of drug-likeness (QED) is 0.906. The van der Waals surface area contributed by atoms with Gasteiger partial charge in [0.15, 0.2) is 0 Å². The van der Waals surface area contributed by atoms with Crippen molar-refractivity contribution in [3.8, 4) is 6.07 Å². The largest absolute Gasteiger partial charge is 0.371 e. The zero-order chi connectivity index (χ0) is 18.5. The monoisotopic (exact) mass is 352 g/mol. The lowest BCUT2D eigenvalue weighted by atomic mass is 10.1. The summed E-state index contributed by atoms with van der Waals surface area (Å²) < 4.78 is 13.2. The molecule has 1 aliphatic rings. The number of nitrogens with zero attached hydrogens (tertiary/aromatic N) is 3. The molecule has 0 bridgehead atoms. The molecule has 2 aromatic carbocycles. The second kappa shape index (κ2) is 7.87. The third kappa shape index (κ3) is 3.94. The molecule has 0 saturated carbocycles. The molecule has 2 amide bonds. The zero-order valence-corrected chi connectivity index (χ0v) is 14.7. The Morgan fingerprint density at radius 3 is 2.73 bits per heavy atom. The molecular weight excluding hydrogens is 331 g/mol. The summed E-state index contributed by atoms with van der Waals surface area (Å²) in [7, 11) is 1.70. The smallest absolute Gasteiger partial charge is 0.321 e. The van der Waals surface area contributed by atoms with E-state index in [9.17, 15) is 9.18 Å². The van der Waals surface area contributed by atoms with E-state index in [4.69, 9.17) is 5.26 Å². The highest BCUT2D eigenvalue weighted by atomic mass is 19.1. The molecule has 0 atom stereocenters. The van der Waals surface area contributed by atoms with Crippen LogP contribution in [0.15, 0.2) is 42.5 Å². The number of amides is 2. The Morgan fingerprint density at radius 1 is 1.27 bits per heavy atom. The molecule has 0 aromatic heterocycles. The van der Waals surface area contributed by atoms with Crippen molar-refractivity contribution in [2.75, 3.05) is 30.4 Å². The topological polar surface area (TPSA) is 59.4 Å². The van der Waals surface area contributed by atoms with Gasteiger partial charge in [0, 0.05) is 32.4 Å². The zero-order valence-electron chi connectivity index (χ0n) is 14.7. The molecule has 0 spiro atoms. The number of halogens is 1. The lowest BCUT2D eigenvalue weighted by molar-refractivity contribution is 0.220. The van der Waals surface area contributed by atoms with Crippen molar-refractivity contribution >= 4 is 17.4 Å². The van der Waals surface area contributed by atoms with Gasteiger partial charge in [-0.1, -0.05) is 18.2 Å². The van der Waals surface area contributed by atoms with Crippen LogP contribution >= 0.6 is 0 Å². The van der Waals surface area contributed by atoms with E-state index in [1.54, 1.807) is 11.9 Å². The van der Waals surface area contributed by atoms with E-state index in [0.29, 0.717) is 12.2 Å². The van der Waals surface area contributed by atoms with Crippen LogP contribution in [0.3, 0.4) is 0 Å². The minimum absolute atomic E-state index is 0.101. The average molecular weight is 352 g/mol. The number of urea groups is 1. The van der Waals surface area contributed by atoms with Crippen LogP contribution in [0.2, 0.25) is 0 Å². The summed E-state index contributed by atoms with van der Waals surface area (Å²) in [5.74, 6) is -0.507. The van der Waals surface area contributed by atoms with Crippen molar-refractivity contribution in [2.24, 2.45) is 0 Å². The minimum Gasteiger partial charge on any atom is -0.371 e. The summed E-state index contributed by atoms with van der Waals surface area (Å²) in [6.07, 6.45) is 2.37. The molecule has 6 heteroatoms. The number of benzene rings is 2. The highest BCUT2D eigenvalue weighted by Gasteiger charge is 2.18. The fourth-order valence-electron chi connectivity index (χ4n) is 3.17. The molecule has 26 heavy (non-hydrogen) atoms. The van der Waals surface area contributed by atoms with Gasteiger partial charge in [0.05, 0.1) is 11.3 Å². The summed E-state index contributed by atoms with van der Waals surface area (Å²) in [5.41, 5.74) is 2.64. The van der Waals surface area contributed by atoms with Gasteiger partial charge in [0.25, 0.3) is 0 Å². The summed E-state index contributed by atoms with van der Waals surface area (Å²) >= 11 is 0. The van der Waals surface area contributed by atoms with E-state index in [1.165, 1.54) is 25.0 Å². The molecule has 134 valence electrons. The van der Waals surface area contributed by atoms with Gasteiger partial charge in [0.2, 0.25) is 0 Å². The summed E-state index contributed by atoms with van der Waals surface area (Å²) in [5, 5.41) is 11.8. The molecule has 1 N–H and O–H groups in total. The van der Waals surface area contributed by atoms with Gasteiger partial charge in [-0.2, -0.15) is 5.26 Å². The van der Waals surface area contributed by atoms with Crippen LogP contribution < -0.4 is 10.2 Å². The van der Waals surface area contributed by atoms with Crippen LogP contribution in [0.5, 0.6) is 0 Å². The Kier molecular flexibility index (Phi) is 5.37. The number of para-hydroxylation sites is 1. The second-order valence-corrected chi connectivity index (χ2v) is 6.41. The third-order valence-electron chi connectivity index (χ3n) is 4.54. The van der Waals surface area contributed by atoms with Crippen LogP contribution in [-0.4, -0.2) is 31.1 Å². The van der Waals surface area contributed by atoms with Crippen LogP contribution in [0.4, 0.5) is 20.6 Å². The number of carbonyl (C=O) groups excluding carboxylic acids is 1. The number of carbonyl (C=O) groups is 1. The number of hydrogen-bond acceptors (Lipinski definition) is 3. The fourth-order valence-corrected chi connectivity index (χ4v) is 3.17. The van der Waals surface area contributed by atoms with Crippen molar-refractivity contribution in [3.05, 3.63) is 59.4 Å². The summed E-state index contributed by atoms with van der Waals surface area (Å²) in [6.45, 7) is 2.52. The standard InChI is InChI=1S/C20H21FN4O/c1-24(20(26)23-18-9-8-17(21)12-16(18)13-22)14-15-6-2-3-7-19(15)25-10-4-5-11-25/h2-3,6-9,12H,4-5,10-11,14H2,1H3,(H,23,26). The minimum atomic E-state index is -0.507. The van der Waals surface area contributed by atoms with Gasteiger partial charge in [-0.15, -0.1) is 0 Å². The van der Waals surface area contributed by atoms with E-state index in [-0.39, 0.29) is 11.6 Å². The van der Waals surface area contributed by atoms with Crippen LogP contribution in [0, 0.1) is 17.1 Å². The van der Waals surface area contributed by atoms with Gasteiger partial charge < -0.3 is 15.1 Å². The SMILES string of the molecule is CN(Cc1ccccc1N1CCCC1)C(=O)Nc1ccc(F)cc1C#N. The lowest BCUT2D eigenvalue weighted by Crippen LogP contribution is -2.32. The number of anilines is 2. The van der Waals surface area contributed by atoms with Crippen molar-refractivity contribution in [1.82, 2.24) is 4.90 Å². The molecule has 1 heterocycles. The molecule has 2 aromatic rings. The number of rotatable bonds is 4. The van der Waals surface area contributed by atoms with E-state index >= 15 is 0 Å². The maximum absolute atomic E-state index is 13.2. The van der Waals surface area contributed by atoms with Gasteiger partial charge in [-0.3, -0.25) is 0 Å². The Bertz CT molecular complexity index is 840. The first-order chi connectivity index (χ1) is 12.6. The molecule has 3 rings (SSSR count). The highest BCUT2D eigenvalue weighted by Crippen LogP contribution is 2.25. The number of hydrogen-bond donors (Lipinski definition) is 1. The predicted molar refractivity (Wildman–Crippen MR) is 99.5 cm³/mol. The van der Waals surface area contributed by atoms with Gasteiger partial charge in [-0.05, 0) is 42.7 Å². The first-order valence-corrected chi connectivity index (χ1v) is 8.63. The fraction of sp³-hybridized carbons (Fsp3) is 0.300. The molecular formula is C20H21FN4O. The van der Waals surface area contributed by atoms with Crippen molar-refractivity contribution in [1.29, 1.82) is 5.26 Å². The highest BCUT2D eigenvalue weighted by molar-refractivity contribution is 5.90. The summed E-state index contributed by atoms with van der Waals surface area (Å²) in [6, 6.07) is 13.4. The van der Waals surface area contributed by atoms with Gasteiger partial charge >= 0.3 is 6.03 Å². The Labute approximate surface area is 152 Å². The van der Waals surface area contributed by atoms with E-state index in [0.717, 1.165) is 30.4 Å². The van der Waals surface area contributed by atoms with Gasteiger partial charge in [-0.25, -0.2) is 9.18 Å². The maximum Gasteiger partial charge on any atom is 0.321 e. The molecule has 5 nitrogen and oxygen atoms in total. The van der Waals surface area contributed by atoms with E-state index in [1.807, 2.05) is 24.3 Å². The Hall–Kier alpha value is -3.07. The van der Waals surface area contributed by atoms with Crippen molar-refractivity contribution in [3.63, 3.8) is 0 Å². The first kappa shape index (κ1) is 17.7. The molecule has 1 aliphatic heterocycles. The Balaban J connectivity index is 1.72. The normalized spacial score (nSPS) is 13.3. The van der Waals surface area contributed by atoms with Crippen molar-refractivity contribution in [2.45, 2.75) is 19.4 Å².